The highest BCUT2D eigenvalue weighted by Crippen LogP contribution is 2.27. The van der Waals surface area contributed by atoms with E-state index in [-0.39, 0.29) is 5.69 Å². The molecule has 7 nitrogen and oxygen atoms in total. The Kier molecular flexibility index (Phi) is 4.26. The number of anilines is 1. The smallest absolute Gasteiger partial charge is 0.356 e. The molecule has 0 aliphatic carbocycles. The Bertz CT molecular complexity index is 520. The van der Waals surface area contributed by atoms with Gasteiger partial charge in [-0.15, -0.1) is 10.2 Å². The van der Waals surface area contributed by atoms with Crippen LogP contribution in [-0.4, -0.2) is 69.6 Å². The van der Waals surface area contributed by atoms with Gasteiger partial charge in [-0.25, -0.2) is 4.79 Å². The number of piperidine rings is 1. The molecule has 0 bridgehead atoms. The summed E-state index contributed by atoms with van der Waals surface area (Å²) < 4.78 is 0. The molecule has 1 aromatic rings. The van der Waals surface area contributed by atoms with Crippen molar-refractivity contribution in [3.05, 3.63) is 17.8 Å². The van der Waals surface area contributed by atoms with Crippen molar-refractivity contribution in [1.29, 1.82) is 0 Å². The fraction of sp³-hybridized carbons (Fsp3) is 0.667. The molecule has 2 aliphatic rings. The van der Waals surface area contributed by atoms with Crippen LogP contribution in [0, 0.1) is 0 Å². The van der Waals surface area contributed by atoms with Crippen molar-refractivity contribution in [2.24, 2.45) is 0 Å². The predicted octanol–water partition coefficient (Wildman–Crippen LogP) is 0.602. The van der Waals surface area contributed by atoms with Crippen molar-refractivity contribution >= 4 is 11.8 Å². The van der Waals surface area contributed by atoms with Crippen LogP contribution in [0.3, 0.4) is 0 Å². The molecule has 1 aromatic heterocycles. The second-order valence-electron chi connectivity index (χ2n) is 6.28. The van der Waals surface area contributed by atoms with E-state index < -0.39 is 11.6 Å². The first-order valence-corrected chi connectivity index (χ1v) is 7.82. The molecule has 2 aliphatic heterocycles. The van der Waals surface area contributed by atoms with Crippen LogP contribution in [0.2, 0.25) is 0 Å². The third kappa shape index (κ3) is 3.36. The number of aliphatic hydroxyl groups is 1. The predicted molar refractivity (Wildman–Crippen MR) is 81.1 cm³/mol. The Morgan fingerprint density at radius 2 is 1.82 bits per heavy atom. The second-order valence-corrected chi connectivity index (χ2v) is 6.28. The Balaban J connectivity index is 1.57. The number of nitrogens with zero attached hydrogens (tertiary/aromatic N) is 4. The van der Waals surface area contributed by atoms with Gasteiger partial charge in [-0.2, -0.15) is 0 Å². The van der Waals surface area contributed by atoms with Crippen molar-refractivity contribution in [3.63, 3.8) is 0 Å². The summed E-state index contributed by atoms with van der Waals surface area (Å²) in [7, 11) is 0. The molecular weight excluding hydrogens is 284 g/mol. The van der Waals surface area contributed by atoms with Crippen molar-refractivity contribution < 1.29 is 15.0 Å². The minimum atomic E-state index is -1.07. The summed E-state index contributed by atoms with van der Waals surface area (Å²) in [6, 6.07) is 3.15. The van der Waals surface area contributed by atoms with Crippen LogP contribution < -0.4 is 4.90 Å². The van der Waals surface area contributed by atoms with Crippen LogP contribution in [0.15, 0.2) is 12.1 Å². The van der Waals surface area contributed by atoms with Gasteiger partial charge in [0.2, 0.25) is 0 Å². The van der Waals surface area contributed by atoms with Crippen LogP contribution in [0.1, 0.15) is 36.2 Å². The first kappa shape index (κ1) is 15.2. The SMILES string of the molecule is O=C(O)c1ccc(N2CCC(O)(CN3CCCC3)CC2)nn1. The maximum atomic E-state index is 10.8. The van der Waals surface area contributed by atoms with Gasteiger partial charge in [-0.1, -0.05) is 0 Å². The lowest BCUT2D eigenvalue weighted by Gasteiger charge is -2.40. The molecule has 0 radical (unpaired) electrons. The first-order valence-electron chi connectivity index (χ1n) is 7.82. The van der Waals surface area contributed by atoms with Crippen molar-refractivity contribution in [2.75, 3.05) is 37.6 Å². The van der Waals surface area contributed by atoms with Gasteiger partial charge in [-0.05, 0) is 50.9 Å². The van der Waals surface area contributed by atoms with Gasteiger partial charge in [-0.3, -0.25) is 0 Å². The Hall–Kier alpha value is -1.73. The second kappa shape index (κ2) is 6.18. The Morgan fingerprint density at radius 3 is 2.36 bits per heavy atom. The monoisotopic (exact) mass is 306 g/mol. The number of rotatable bonds is 4. The number of likely N-dealkylation sites (tertiary alicyclic amines) is 1. The van der Waals surface area contributed by atoms with Gasteiger partial charge in [0, 0.05) is 19.6 Å². The van der Waals surface area contributed by atoms with E-state index >= 15 is 0 Å². The van der Waals surface area contributed by atoms with E-state index in [9.17, 15) is 9.90 Å². The van der Waals surface area contributed by atoms with Crippen molar-refractivity contribution in [2.45, 2.75) is 31.3 Å². The standard InChI is InChI=1S/C15H22N4O3/c20-14(21)12-3-4-13(17-16-12)19-9-5-15(22,6-10-19)11-18-7-1-2-8-18/h3-4,22H,1-2,5-11H2,(H,20,21). The number of β-amino-alcohol motifs (C(OH)–C–C–N with tert-alkyl or cyclic N) is 1. The molecule has 2 N–H and O–H groups in total. The van der Waals surface area contributed by atoms with Crippen LogP contribution in [-0.2, 0) is 0 Å². The molecule has 0 unspecified atom stereocenters. The summed E-state index contributed by atoms with van der Waals surface area (Å²) in [5.74, 6) is -0.397. The Morgan fingerprint density at radius 1 is 1.14 bits per heavy atom. The van der Waals surface area contributed by atoms with E-state index in [0.29, 0.717) is 31.7 Å². The molecule has 0 aromatic carbocycles. The minimum absolute atomic E-state index is 0.0497. The molecule has 120 valence electrons. The van der Waals surface area contributed by atoms with Gasteiger partial charge in [0.25, 0.3) is 0 Å². The number of carbonyl (C=O) groups is 1. The number of carboxylic acids is 1. The largest absolute Gasteiger partial charge is 0.476 e. The van der Waals surface area contributed by atoms with E-state index in [2.05, 4.69) is 20.0 Å². The molecule has 2 fully saturated rings. The van der Waals surface area contributed by atoms with E-state index in [0.717, 1.165) is 19.6 Å². The zero-order valence-electron chi connectivity index (χ0n) is 12.6. The quantitative estimate of drug-likeness (QED) is 0.842. The molecule has 2 saturated heterocycles. The van der Waals surface area contributed by atoms with E-state index in [4.69, 9.17) is 5.11 Å². The molecule has 22 heavy (non-hydrogen) atoms. The highest BCUT2D eigenvalue weighted by molar-refractivity contribution is 5.85. The molecule has 0 spiro atoms. The fourth-order valence-corrected chi connectivity index (χ4v) is 3.28. The lowest BCUT2D eigenvalue weighted by atomic mass is 9.91. The summed E-state index contributed by atoms with van der Waals surface area (Å²) in [6.45, 7) is 4.36. The molecule has 0 saturated carbocycles. The summed E-state index contributed by atoms with van der Waals surface area (Å²) in [4.78, 5) is 15.2. The van der Waals surface area contributed by atoms with E-state index in [1.807, 2.05) is 0 Å². The van der Waals surface area contributed by atoms with Crippen molar-refractivity contribution in [1.82, 2.24) is 15.1 Å². The van der Waals surface area contributed by atoms with Gasteiger partial charge in [0.05, 0.1) is 5.60 Å². The van der Waals surface area contributed by atoms with E-state index in [1.54, 1.807) is 6.07 Å². The average Bonchev–Trinajstić information content (AvgIpc) is 3.00. The summed E-state index contributed by atoms with van der Waals surface area (Å²) in [5, 5.41) is 27.3. The summed E-state index contributed by atoms with van der Waals surface area (Å²) >= 11 is 0. The topological polar surface area (TPSA) is 89.8 Å². The lowest BCUT2D eigenvalue weighted by molar-refractivity contribution is -0.0112. The van der Waals surface area contributed by atoms with Gasteiger partial charge >= 0.3 is 5.97 Å². The highest BCUT2D eigenvalue weighted by atomic mass is 16.4. The number of hydrogen-bond donors (Lipinski definition) is 2. The minimum Gasteiger partial charge on any atom is -0.476 e. The molecule has 0 atom stereocenters. The normalized spacial score (nSPS) is 22.0. The van der Waals surface area contributed by atoms with Crippen LogP contribution >= 0.6 is 0 Å². The zero-order chi connectivity index (χ0) is 15.6. The fourth-order valence-electron chi connectivity index (χ4n) is 3.28. The third-order valence-electron chi connectivity index (χ3n) is 4.60. The third-order valence-corrected chi connectivity index (χ3v) is 4.60. The van der Waals surface area contributed by atoms with E-state index in [1.165, 1.54) is 18.9 Å². The van der Waals surface area contributed by atoms with Crippen LogP contribution in [0.25, 0.3) is 0 Å². The maximum absolute atomic E-state index is 10.8. The number of aromatic carboxylic acids is 1. The maximum Gasteiger partial charge on any atom is 0.356 e. The number of carboxylic acid groups (broad SMARTS) is 1. The van der Waals surface area contributed by atoms with Crippen LogP contribution in [0.4, 0.5) is 5.82 Å². The molecule has 7 heteroatoms. The summed E-state index contributed by atoms with van der Waals surface area (Å²) in [6.07, 6.45) is 3.86. The van der Waals surface area contributed by atoms with Gasteiger partial charge < -0.3 is 20.0 Å². The number of aromatic nitrogens is 2. The van der Waals surface area contributed by atoms with Crippen molar-refractivity contribution in [3.8, 4) is 0 Å². The molecular formula is C15H22N4O3. The van der Waals surface area contributed by atoms with Crippen LogP contribution in [0.5, 0.6) is 0 Å². The zero-order valence-corrected chi connectivity index (χ0v) is 12.6. The van der Waals surface area contributed by atoms with Gasteiger partial charge in [0.1, 0.15) is 0 Å². The summed E-state index contributed by atoms with van der Waals surface area (Å²) in [5.41, 5.74) is -0.666. The highest BCUT2D eigenvalue weighted by Gasteiger charge is 2.35. The average molecular weight is 306 g/mol. The molecule has 3 heterocycles. The number of hydrogen-bond acceptors (Lipinski definition) is 6. The lowest BCUT2D eigenvalue weighted by Crippen LogP contribution is -2.50. The Labute approximate surface area is 129 Å². The van der Waals surface area contributed by atoms with Gasteiger partial charge in [0.15, 0.2) is 11.5 Å². The first-order chi connectivity index (χ1) is 10.6. The molecule has 0 amide bonds. The molecule has 3 rings (SSSR count).